The molecule has 0 saturated heterocycles. The molecule has 0 unspecified atom stereocenters. The summed E-state index contributed by atoms with van der Waals surface area (Å²) in [7, 11) is 0. The van der Waals surface area contributed by atoms with Gasteiger partial charge in [0.25, 0.3) is 0 Å². The third-order valence-corrected chi connectivity index (χ3v) is 5.60. The van der Waals surface area contributed by atoms with Gasteiger partial charge in [-0.25, -0.2) is 9.82 Å². The van der Waals surface area contributed by atoms with Crippen molar-refractivity contribution >= 4 is 39.0 Å². The summed E-state index contributed by atoms with van der Waals surface area (Å²) >= 11 is 3.50. The summed E-state index contributed by atoms with van der Waals surface area (Å²) in [6.45, 7) is 4.89. The van der Waals surface area contributed by atoms with E-state index in [9.17, 15) is 9.18 Å². The van der Waals surface area contributed by atoms with Crippen LogP contribution in [0.5, 0.6) is 17.2 Å². The fourth-order valence-corrected chi connectivity index (χ4v) is 4.03. The second-order valence-electron chi connectivity index (χ2n) is 7.62. The zero-order valence-corrected chi connectivity index (χ0v) is 21.3. The number of hydrogen-bond acceptors (Lipinski definition) is 6. The molecule has 1 aromatic heterocycles. The molecule has 0 aliphatic rings. The van der Waals surface area contributed by atoms with Crippen LogP contribution < -0.4 is 19.6 Å². The van der Waals surface area contributed by atoms with E-state index in [0.717, 1.165) is 5.39 Å². The summed E-state index contributed by atoms with van der Waals surface area (Å²) in [6, 6.07) is 16.7. The molecule has 0 radical (unpaired) electrons. The third-order valence-electron chi connectivity index (χ3n) is 5.01. The van der Waals surface area contributed by atoms with Crippen LogP contribution in [0.15, 0.2) is 74.7 Å². The molecule has 0 atom stereocenters. The van der Waals surface area contributed by atoms with Gasteiger partial charge in [-0.05, 0) is 89.4 Å². The van der Waals surface area contributed by atoms with Gasteiger partial charge >= 0.3 is 5.91 Å². The second-order valence-corrected chi connectivity index (χ2v) is 8.48. The number of carbonyl (C=O) groups is 1. The van der Waals surface area contributed by atoms with Crippen LogP contribution in [0.2, 0.25) is 0 Å². The van der Waals surface area contributed by atoms with Gasteiger partial charge in [-0.1, -0.05) is 12.1 Å². The van der Waals surface area contributed by atoms with Crippen molar-refractivity contribution in [1.29, 1.82) is 0 Å². The minimum Gasteiger partial charge on any atom is -0.494 e. The predicted octanol–water partition coefficient (Wildman–Crippen LogP) is 6.47. The van der Waals surface area contributed by atoms with Crippen LogP contribution in [0.4, 0.5) is 4.39 Å². The number of benzene rings is 3. The Balaban J connectivity index is 1.45. The van der Waals surface area contributed by atoms with Crippen molar-refractivity contribution in [3.05, 3.63) is 87.8 Å². The summed E-state index contributed by atoms with van der Waals surface area (Å²) in [5.74, 6) is 0.989. The fraction of sp³-hybridized carbons (Fsp3) is 0.185. The number of fused-ring (bicyclic) bond motifs is 1. The minimum atomic E-state index is -0.487. The topological polar surface area (TPSA) is 82.3 Å². The van der Waals surface area contributed by atoms with E-state index in [4.69, 9.17) is 18.6 Å². The number of carbonyl (C=O) groups excluding carboxylic acids is 1. The van der Waals surface area contributed by atoms with Crippen molar-refractivity contribution in [2.45, 2.75) is 20.5 Å². The number of nitrogens with one attached hydrogen (secondary N) is 1. The van der Waals surface area contributed by atoms with Gasteiger partial charge in [-0.3, -0.25) is 4.79 Å². The number of hydrazone groups is 1. The Morgan fingerprint density at radius 2 is 1.89 bits per heavy atom. The summed E-state index contributed by atoms with van der Waals surface area (Å²) in [5, 5.41) is 4.80. The molecule has 1 heterocycles. The van der Waals surface area contributed by atoms with E-state index in [2.05, 4.69) is 26.5 Å². The van der Waals surface area contributed by atoms with Gasteiger partial charge in [0.1, 0.15) is 23.8 Å². The van der Waals surface area contributed by atoms with Crippen molar-refractivity contribution < 1.29 is 27.8 Å². The average molecular weight is 555 g/mol. The van der Waals surface area contributed by atoms with Crippen LogP contribution in [0, 0.1) is 5.82 Å². The van der Waals surface area contributed by atoms with E-state index in [1.807, 2.05) is 19.9 Å². The summed E-state index contributed by atoms with van der Waals surface area (Å²) in [5.41, 5.74) is 4.40. The molecular formula is C27H24BrFN2O5. The molecule has 0 bridgehead atoms. The number of halogens is 2. The number of rotatable bonds is 10. The lowest BCUT2D eigenvalue weighted by molar-refractivity contribution is 0.0929. The molecule has 1 N–H and O–H groups in total. The van der Waals surface area contributed by atoms with E-state index in [1.165, 1.54) is 18.3 Å². The number of ether oxygens (including phenoxy) is 3. The van der Waals surface area contributed by atoms with Gasteiger partial charge in [0.2, 0.25) is 0 Å². The largest absolute Gasteiger partial charge is 0.494 e. The fourth-order valence-electron chi connectivity index (χ4n) is 3.46. The molecule has 0 aliphatic heterocycles. The van der Waals surface area contributed by atoms with Crippen molar-refractivity contribution in [2.24, 2.45) is 5.10 Å². The van der Waals surface area contributed by atoms with Crippen LogP contribution in [-0.2, 0) is 6.61 Å². The molecule has 0 saturated carbocycles. The Hall–Kier alpha value is -3.85. The molecule has 186 valence electrons. The molecule has 1 amide bonds. The molecule has 36 heavy (non-hydrogen) atoms. The average Bonchev–Trinajstić information content (AvgIpc) is 3.28. The minimum absolute atomic E-state index is 0.132. The van der Waals surface area contributed by atoms with Crippen molar-refractivity contribution in [3.63, 3.8) is 0 Å². The lowest BCUT2D eigenvalue weighted by Crippen LogP contribution is -2.16. The van der Waals surface area contributed by atoms with Gasteiger partial charge in [-0.2, -0.15) is 5.10 Å². The highest BCUT2D eigenvalue weighted by atomic mass is 79.9. The Morgan fingerprint density at radius 1 is 1.06 bits per heavy atom. The second kappa shape index (κ2) is 11.7. The van der Waals surface area contributed by atoms with Gasteiger partial charge < -0.3 is 18.6 Å². The molecule has 9 heteroatoms. The van der Waals surface area contributed by atoms with Crippen LogP contribution in [0.3, 0.4) is 0 Å². The third kappa shape index (κ3) is 6.23. The molecule has 4 rings (SSSR count). The van der Waals surface area contributed by atoms with E-state index < -0.39 is 5.91 Å². The highest BCUT2D eigenvalue weighted by molar-refractivity contribution is 9.10. The van der Waals surface area contributed by atoms with Gasteiger partial charge in [0.15, 0.2) is 17.3 Å². The zero-order valence-electron chi connectivity index (χ0n) is 19.7. The predicted molar refractivity (Wildman–Crippen MR) is 138 cm³/mol. The van der Waals surface area contributed by atoms with E-state index in [-0.39, 0.29) is 18.2 Å². The Morgan fingerprint density at radius 3 is 2.67 bits per heavy atom. The molecule has 0 spiro atoms. The maximum atomic E-state index is 13.5. The summed E-state index contributed by atoms with van der Waals surface area (Å²) in [4.78, 5) is 12.5. The first-order chi connectivity index (χ1) is 17.5. The molecule has 7 nitrogen and oxygen atoms in total. The lowest BCUT2D eigenvalue weighted by atomic mass is 10.2. The van der Waals surface area contributed by atoms with Crippen LogP contribution >= 0.6 is 15.9 Å². The van der Waals surface area contributed by atoms with Gasteiger partial charge in [0, 0.05) is 5.39 Å². The zero-order chi connectivity index (χ0) is 25.5. The van der Waals surface area contributed by atoms with Crippen LogP contribution in [0.25, 0.3) is 11.0 Å². The van der Waals surface area contributed by atoms with Gasteiger partial charge in [-0.15, -0.1) is 0 Å². The maximum absolute atomic E-state index is 13.5. The molecular weight excluding hydrogens is 531 g/mol. The van der Waals surface area contributed by atoms with Gasteiger partial charge in [0.05, 0.1) is 23.9 Å². The normalized spacial score (nSPS) is 11.1. The summed E-state index contributed by atoms with van der Waals surface area (Å²) in [6.07, 6.45) is 1.48. The lowest BCUT2D eigenvalue weighted by Gasteiger charge is -2.14. The number of nitrogens with zero attached hydrogens (tertiary/aromatic N) is 1. The first-order valence-electron chi connectivity index (χ1n) is 11.3. The number of amides is 1. The molecule has 4 aromatic rings. The van der Waals surface area contributed by atoms with Crippen LogP contribution in [0.1, 0.15) is 35.5 Å². The highest BCUT2D eigenvalue weighted by Crippen LogP contribution is 2.37. The first kappa shape index (κ1) is 25.2. The monoisotopic (exact) mass is 554 g/mol. The Bertz CT molecular complexity index is 1400. The quantitative estimate of drug-likeness (QED) is 0.179. The molecule has 3 aromatic carbocycles. The maximum Gasteiger partial charge on any atom is 0.307 e. The molecule has 0 aliphatic carbocycles. The smallest absolute Gasteiger partial charge is 0.307 e. The Kier molecular flexibility index (Phi) is 8.22. The Labute approximate surface area is 216 Å². The standard InChI is InChI=1S/C27H24BrFN2O5/c1-3-33-21-8-9-23-19(13-21)14-25(36-23)27(32)31-30-15-18-11-22(28)26(24(12-18)34-4-2)35-16-17-6-5-7-20(29)10-17/h5-15H,3-4,16H2,1-2H3,(H,31,32)/b30-15+. The van der Waals surface area contributed by atoms with E-state index in [1.54, 1.807) is 42.5 Å². The van der Waals surface area contributed by atoms with Crippen molar-refractivity contribution in [2.75, 3.05) is 13.2 Å². The SMILES string of the molecule is CCOc1ccc2oc(C(=O)N/N=C/c3cc(Br)c(OCc4cccc(F)c4)c(OCC)c3)cc2c1. The van der Waals surface area contributed by atoms with Crippen molar-refractivity contribution in [1.82, 2.24) is 5.43 Å². The first-order valence-corrected chi connectivity index (χ1v) is 12.1. The summed E-state index contributed by atoms with van der Waals surface area (Å²) < 4.78 is 36.8. The van der Waals surface area contributed by atoms with E-state index >= 15 is 0 Å². The van der Waals surface area contributed by atoms with Crippen LogP contribution in [-0.4, -0.2) is 25.3 Å². The molecule has 0 fully saturated rings. The van der Waals surface area contributed by atoms with Crippen molar-refractivity contribution in [3.8, 4) is 17.2 Å². The number of hydrogen-bond donors (Lipinski definition) is 1. The van der Waals surface area contributed by atoms with E-state index in [0.29, 0.717) is 51.6 Å². The highest BCUT2D eigenvalue weighted by Gasteiger charge is 2.14. The number of furan rings is 1.